The largest absolute Gasteiger partial charge is 0.505 e. The van der Waals surface area contributed by atoms with E-state index in [4.69, 9.17) is 9.47 Å². The van der Waals surface area contributed by atoms with Crippen molar-refractivity contribution >= 4 is 16.8 Å². The SMILES string of the molecule is CCC(=O)N[C@@H](c1ccc(OC)c(OC)c1)c1ccc2cccnc2c1O. The fourth-order valence-corrected chi connectivity index (χ4v) is 3.01. The highest BCUT2D eigenvalue weighted by Gasteiger charge is 2.22. The molecule has 0 spiro atoms. The molecule has 1 heterocycles. The number of fused-ring (bicyclic) bond motifs is 1. The van der Waals surface area contributed by atoms with Crippen molar-refractivity contribution in [1.82, 2.24) is 10.3 Å². The zero-order valence-corrected chi connectivity index (χ0v) is 15.5. The summed E-state index contributed by atoms with van der Waals surface area (Å²) in [5.41, 5.74) is 1.82. The van der Waals surface area contributed by atoms with E-state index in [9.17, 15) is 9.90 Å². The van der Waals surface area contributed by atoms with Gasteiger partial charge in [-0.1, -0.05) is 31.2 Å². The molecule has 1 amide bonds. The van der Waals surface area contributed by atoms with Crippen molar-refractivity contribution in [2.45, 2.75) is 19.4 Å². The second kappa shape index (κ2) is 7.95. The summed E-state index contributed by atoms with van der Waals surface area (Å²) in [6.45, 7) is 1.78. The van der Waals surface area contributed by atoms with Gasteiger partial charge in [-0.25, -0.2) is 0 Å². The highest BCUT2D eigenvalue weighted by Crippen LogP contribution is 2.37. The lowest BCUT2D eigenvalue weighted by Gasteiger charge is -2.22. The van der Waals surface area contributed by atoms with Gasteiger partial charge in [0.1, 0.15) is 11.3 Å². The van der Waals surface area contributed by atoms with E-state index in [2.05, 4.69) is 10.3 Å². The minimum atomic E-state index is -0.552. The second-order valence-corrected chi connectivity index (χ2v) is 6.05. The fourth-order valence-electron chi connectivity index (χ4n) is 3.01. The predicted octanol–water partition coefficient (Wildman–Crippen LogP) is 3.57. The van der Waals surface area contributed by atoms with Gasteiger partial charge in [-0.15, -0.1) is 0 Å². The molecule has 2 aromatic carbocycles. The van der Waals surface area contributed by atoms with E-state index < -0.39 is 6.04 Å². The maximum Gasteiger partial charge on any atom is 0.220 e. The Bertz CT molecular complexity index is 972. The van der Waals surface area contributed by atoms with Crippen LogP contribution in [0.2, 0.25) is 0 Å². The van der Waals surface area contributed by atoms with Gasteiger partial charge in [-0.2, -0.15) is 0 Å². The molecule has 2 N–H and O–H groups in total. The number of carbonyl (C=O) groups excluding carboxylic acids is 1. The van der Waals surface area contributed by atoms with Gasteiger partial charge in [0.15, 0.2) is 11.5 Å². The minimum Gasteiger partial charge on any atom is -0.505 e. The number of benzene rings is 2. The van der Waals surface area contributed by atoms with Crippen molar-refractivity contribution in [3.63, 3.8) is 0 Å². The molecule has 27 heavy (non-hydrogen) atoms. The van der Waals surface area contributed by atoms with Crippen molar-refractivity contribution in [3.05, 3.63) is 59.8 Å². The molecule has 0 aliphatic heterocycles. The van der Waals surface area contributed by atoms with Crippen LogP contribution in [0.1, 0.15) is 30.5 Å². The Kier molecular flexibility index (Phi) is 5.45. The fraction of sp³-hybridized carbons (Fsp3) is 0.238. The zero-order valence-electron chi connectivity index (χ0n) is 15.5. The molecule has 140 valence electrons. The topological polar surface area (TPSA) is 80.7 Å². The van der Waals surface area contributed by atoms with Gasteiger partial charge in [0.2, 0.25) is 5.91 Å². The normalized spacial score (nSPS) is 11.8. The molecule has 0 fully saturated rings. The molecule has 0 aliphatic carbocycles. The number of hydrogen-bond donors (Lipinski definition) is 2. The third-order valence-electron chi connectivity index (χ3n) is 4.46. The Morgan fingerprint density at radius 1 is 1.15 bits per heavy atom. The van der Waals surface area contributed by atoms with Gasteiger partial charge in [-0.3, -0.25) is 9.78 Å². The number of methoxy groups -OCH3 is 2. The Morgan fingerprint density at radius 3 is 2.63 bits per heavy atom. The Balaban J connectivity index is 2.15. The number of rotatable bonds is 6. The standard InChI is InChI=1S/C21H22N2O4/c1-4-18(24)23-19(14-8-10-16(26-2)17(12-14)27-3)15-9-7-13-6-5-11-22-20(13)21(15)25/h5-12,19,25H,4H2,1-3H3,(H,23,24)/t19-/m0/s1. The molecule has 1 aromatic heterocycles. The van der Waals surface area contributed by atoms with E-state index in [1.807, 2.05) is 24.3 Å². The van der Waals surface area contributed by atoms with E-state index in [1.54, 1.807) is 45.5 Å². The molecule has 1 atom stereocenters. The van der Waals surface area contributed by atoms with Gasteiger partial charge >= 0.3 is 0 Å². The van der Waals surface area contributed by atoms with Crippen LogP contribution >= 0.6 is 0 Å². The van der Waals surface area contributed by atoms with Crippen molar-refractivity contribution < 1.29 is 19.4 Å². The number of phenols is 1. The average molecular weight is 366 g/mol. The Hall–Kier alpha value is -3.28. The summed E-state index contributed by atoms with van der Waals surface area (Å²) in [7, 11) is 3.12. The summed E-state index contributed by atoms with van der Waals surface area (Å²) >= 11 is 0. The number of pyridine rings is 1. The van der Waals surface area contributed by atoms with Crippen LogP contribution in [0.15, 0.2) is 48.7 Å². The van der Waals surface area contributed by atoms with Crippen molar-refractivity contribution in [1.29, 1.82) is 0 Å². The van der Waals surface area contributed by atoms with Gasteiger partial charge in [0, 0.05) is 23.6 Å². The second-order valence-electron chi connectivity index (χ2n) is 6.05. The monoisotopic (exact) mass is 366 g/mol. The van der Waals surface area contributed by atoms with Crippen molar-refractivity contribution in [3.8, 4) is 17.2 Å². The highest BCUT2D eigenvalue weighted by atomic mass is 16.5. The zero-order chi connectivity index (χ0) is 19.4. The number of aromatic hydroxyl groups is 1. The van der Waals surface area contributed by atoms with Crippen LogP contribution in [0.3, 0.4) is 0 Å². The first-order chi connectivity index (χ1) is 13.1. The summed E-state index contributed by atoms with van der Waals surface area (Å²) in [5.74, 6) is 1.05. The number of nitrogens with one attached hydrogen (secondary N) is 1. The van der Waals surface area contributed by atoms with E-state index in [-0.39, 0.29) is 11.7 Å². The van der Waals surface area contributed by atoms with E-state index in [0.29, 0.717) is 29.0 Å². The number of ether oxygens (including phenoxy) is 2. The molecule has 0 aliphatic rings. The van der Waals surface area contributed by atoms with Crippen LogP contribution in [-0.4, -0.2) is 30.2 Å². The number of amides is 1. The summed E-state index contributed by atoms with van der Waals surface area (Å²) in [6.07, 6.45) is 1.96. The molecule has 3 rings (SSSR count). The average Bonchev–Trinajstić information content (AvgIpc) is 2.72. The maximum atomic E-state index is 12.2. The Labute approximate surface area is 157 Å². The van der Waals surface area contributed by atoms with Gasteiger partial charge < -0.3 is 19.9 Å². The maximum absolute atomic E-state index is 12.2. The molecular weight excluding hydrogens is 344 g/mol. The van der Waals surface area contributed by atoms with Crippen molar-refractivity contribution in [2.75, 3.05) is 14.2 Å². The molecule has 6 nitrogen and oxygen atoms in total. The summed E-state index contributed by atoms with van der Waals surface area (Å²) in [4.78, 5) is 16.4. The lowest BCUT2D eigenvalue weighted by molar-refractivity contribution is -0.121. The lowest BCUT2D eigenvalue weighted by Crippen LogP contribution is -2.28. The Morgan fingerprint density at radius 2 is 1.93 bits per heavy atom. The first-order valence-electron chi connectivity index (χ1n) is 8.67. The quantitative estimate of drug-likeness (QED) is 0.697. The van der Waals surface area contributed by atoms with Crippen LogP contribution in [0.25, 0.3) is 10.9 Å². The molecule has 6 heteroatoms. The predicted molar refractivity (Wildman–Crippen MR) is 103 cm³/mol. The van der Waals surface area contributed by atoms with Gasteiger partial charge in [-0.05, 0) is 23.8 Å². The van der Waals surface area contributed by atoms with Crippen LogP contribution in [-0.2, 0) is 4.79 Å². The third kappa shape index (κ3) is 3.65. The first-order valence-corrected chi connectivity index (χ1v) is 8.67. The molecule has 0 radical (unpaired) electrons. The van der Waals surface area contributed by atoms with E-state index in [0.717, 1.165) is 10.9 Å². The summed E-state index contributed by atoms with van der Waals surface area (Å²) < 4.78 is 10.7. The number of phenolic OH excluding ortho intramolecular Hbond substituents is 1. The van der Waals surface area contributed by atoms with Crippen LogP contribution in [0.5, 0.6) is 17.2 Å². The van der Waals surface area contributed by atoms with Gasteiger partial charge in [0.05, 0.1) is 20.3 Å². The van der Waals surface area contributed by atoms with Gasteiger partial charge in [0.25, 0.3) is 0 Å². The van der Waals surface area contributed by atoms with Crippen LogP contribution in [0, 0.1) is 0 Å². The third-order valence-corrected chi connectivity index (χ3v) is 4.46. The first kappa shape index (κ1) is 18.5. The molecule has 0 unspecified atom stereocenters. The summed E-state index contributed by atoms with van der Waals surface area (Å²) in [5, 5.41) is 14.6. The smallest absolute Gasteiger partial charge is 0.220 e. The summed E-state index contributed by atoms with van der Waals surface area (Å²) in [6, 6.07) is 12.2. The number of hydrogen-bond acceptors (Lipinski definition) is 5. The van der Waals surface area contributed by atoms with E-state index in [1.165, 1.54) is 0 Å². The molecule has 0 bridgehead atoms. The minimum absolute atomic E-state index is 0.0456. The van der Waals surface area contributed by atoms with Crippen LogP contribution < -0.4 is 14.8 Å². The lowest BCUT2D eigenvalue weighted by atomic mass is 9.95. The number of aromatic nitrogens is 1. The molecule has 0 saturated carbocycles. The number of nitrogens with zero attached hydrogens (tertiary/aromatic N) is 1. The number of carbonyl (C=O) groups is 1. The molecule has 3 aromatic rings. The molecular formula is C21H22N2O4. The highest BCUT2D eigenvalue weighted by molar-refractivity contribution is 5.86. The van der Waals surface area contributed by atoms with E-state index >= 15 is 0 Å². The van der Waals surface area contributed by atoms with Crippen LogP contribution in [0.4, 0.5) is 0 Å². The molecule has 0 saturated heterocycles. The van der Waals surface area contributed by atoms with Crippen molar-refractivity contribution in [2.24, 2.45) is 0 Å².